The molecule has 106 valence electrons. The Labute approximate surface area is 115 Å². The van der Waals surface area contributed by atoms with Gasteiger partial charge in [0.25, 0.3) is 0 Å². The number of carbonyl (C=O) groups is 1. The van der Waals surface area contributed by atoms with Crippen LogP contribution in [-0.2, 0) is 11.2 Å². The van der Waals surface area contributed by atoms with E-state index in [9.17, 15) is 4.79 Å². The average Bonchev–Trinajstić information content (AvgIpc) is 2.38. The van der Waals surface area contributed by atoms with Gasteiger partial charge >= 0.3 is 5.97 Å². The zero-order valence-electron chi connectivity index (χ0n) is 12.4. The average molecular weight is 264 g/mol. The Morgan fingerprint density at radius 3 is 2.58 bits per heavy atom. The van der Waals surface area contributed by atoms with E-state index in [2.05, 4.69) is 20.8 Å². The number of hydrogen-bond donors (Lipinski definition) is 0. The van der Waals surface area contributed by atoms with Gasteiger partial charge in [0.05, 0.1) is 13.2 Å². The molecular formula is C16H24O3. The first kappa shape index (κ1) is 15.5. The summed E-state index contributed by atoms with van der Waals surface area (Å²) in [7, 11) is 0. The molecule has 0 saturated heterocycles. The Kier molecular flexibility index (Phi) is 6.40. The highest BCUT2D eigenvalue weighted by atomic mass is 16.5. The van der Waals surface area contributed by atoms with Crippen molar-refractivity contribution in [2.24, 2.45) is 5.92 Å². The largest absolute Gasteiger partial charge is 0.493 e. The number of carbonyl (C=O) groups excluding carboxylic acids is 1. The van der Waals surface area contributed by atoms with Crippen molar-refractivity contribution in [1.29, 1.82) is 0 Å². The molecule has 1 aromatic rings. The molecule has 19 heavy (non-hydrogen) atoms. The van der Waals surface area contributed by atoms with E-state index in [1.807, 2.05) is 12.1 Å². The minimum absolute atomic E-state index is 0.315. The lowest BCUT2D eigenvalue weighted by Crippen LogP contribution is -2.10. The Morgan fingerprint density at radius 1 is 1.26 bits per heavy atom. The van der Waals surface area contributed by atoms with Crippen molar-refractivity contribution < 1.29 is 14.3 Å². The van der Waals surface area contributed by atoms with Crippen LogP contribution < -0.4 is 4.74 Å². The summed E-state index contributed by atoms with van der Waals surface area (Å²) in [6, 6.07) is 5.68. The van der Waals surface area contributed by atoms with Crippen LogP contribution >= 0.6 is 0 Å². The van der Waals surface area contributed by atoms with Gasteiger partial charge in [-0.25, -0.2) is 4.79 Å². The third-order valence-electron chi connectivity index (χ3n) is 2.90. The highest BCUT2D eigenvalue weighted by molar-refractivity contribution is 5.92. The molecule has 0 unspecified atom stereocenters. The van der Waals surface area contributed by atoms with E-state index in [4.69, 9.17) is 9.47 Å². The fourth-order valence-corrected chi connectivity index (χ4v) is 1.69. The molecule has 0 saturated carbocycles. The Morgan fingerprint density at radius 2 is 2.00 bits per heavy atom. The molecule has 0 bridgehead atoms. The number of esters is 1. The fraction of sp³-hybridized carbons (Fsp3) is 0.562. The maximum Gasteiger partial charge on any atom is 0.341 e. The summed E-state index contributed by atoms with van der Waals surface area (Å²) in [5.74, 6) is 0.906. The number of benzene rings is 1. The first-order chi connectivity index (χ1) is 9.08. The maximum atomic E-state index is 11.9. The van der Waals surface area contributed by atoms with Crippen LogP contribution in [0.4, 0.5) is 0 Å². The highest BCUT2D eigenvalue weighted by Crippen LogP contribution is 2.22. The lowest BCUT2D eigenvalue weighted by molar-refractivity contribution is 0.0521. The Balaban J connectivity index is 2.86. The third-order valence-corrected chi connectivity index (χ3v) is 2.90. The molecule has 1 aromatic carbocycles. The predicted molar refractivity (Wildman–Crippen MR) is 76.7 cm³/mol. The van der Waals surface area contributed by atoms with Crippen molar-refractivity contribution in [3.8, 4) is 5.75 Å². The molecule has 0 amide bonds. The molecular weight excluding hydrogens is 240 g/mol. The summed E-state index contributed by atoms with van der Waals surface area (Å²) in [5.41, 5.74) is 1.68. The number of rotatable bonds is 7. The Bertz CT molecular complexity index is 410. The van der Waals surface area contributed by atoms with E-state index in [1.165, 1.54) is 0 Å². The van der Waals surface area contributed by atoms with Gasteiger partial charge in [-0.1, -0.05) is 26.8 Å². The monoisotopic (exact) mass is 264 g/mol. The molecule has 0 atom stereocenters. The second kappa shape index (κ2) is 7.82. The van der Waals surface area contributed by atoms with Gasteiger partial charge < -0.3 is 9.47 Å². The second-order valence-corrected chi connectivity index (χ2v) is 4.94. The van der Waals surface area contributed by atoms with E-state index in [-0.39, 0.29) is 5.97 Å². The maximum absolute atomic E-state index is 11.9. The molecule has 0 fully saturated rings. The summed E-state index contributed by atoms with van der Waals surface area (Å²) in [6.07, 6.45) is 1.89. The lowest BCUT2D eigenvalue weighted by atomic mass is 10.1. The standard InChI is InChI=1S/C16H24O3/c1-5-13-7-8-14(16(17)18-6-2)15(11-13)19-10-9-12(3)4/h7-8,11-12H,5-6,9-10H2,1-4H3. The van der Waals surface area contributed by atoms with Crippen LogP contribution in [0.3, 0.4) is 0 Å². The van der Waals surface area contributed by atoms with E-state index in [1.54, 1.807) is 13.0 Å². The summed E-state index contributed by atoms with van der Waals surface area (Å²) in [6.45, 7) is 9.18. The fourth-order valence-electron chi connectivity index (χ4n) is 1.69. The van der Waals surface area contributed by atoms with Gasteiger partial charge in [0, 0.05) is 0 Å². The minimum atomic E-state index is -0.315. The summed E-state index contributed by atoms with van der Waals surface area (Å²) in [4.78, 5) is 11.9. The van der Waals surface area contributed by atoms with Crippen molar-refractivity contribution in [2.45, 2.75) is 40.5 Å². The highest BCUT2D eigenvalue weighted by Gasteiger charge is 2.14. The smallest absolute Gasteiger partial charge is 0.341 e. The first-order valence-electron chi connectivity index (χ1n) is 7.01. The molecule has 0 aromatic heterocycles. The predicted octanol–water partition coefficient (Wildman–Crippen LogP) is 3.85. The van der Waals surface area contributed by atoms with E-state index < -0.39 is 0 Å². The van der Waals surface area contributed by atoms with Crippen molar-refractivity contribution in [2.75, 3.05) is 13.2 Å². The van der Waals surface area contributed by atoms with Crippen LogP contribution in [0.2, 0.25) is 0 Å². The number of ether oxygens (including phenoxy) is 2. The summed E-state index contributed by atoms with van der Waals surface area (Å²) < 4.78 is 10.8. The number of hydrogen-bond acceptors (Lipinski definition) is 3. The van der Waals surface area contributed by atoms with Crippen LogP contribution in [0.1, 0.15) is 50.0 Å². The minimum Gasteiger partial charge on any atom is -0.493 e. The number of aryl methyl sites for hydroxylation is 1. The molecule has 0 N–H and O–H groups in total. The van der Waals surface area contributed by atoms with E-state index >= 15 is 0 Å². The Hall–Kier alpha value is -1.51. The van der Waals surface area contributed by atoms with Crippen molar-refractivity contribution in [3.05, 3.63) is 29.3 Å². The van der Waals surface area contributed by atoms with Crippen molar-refractivity contribution in [3.63, 3.8) is 0 Å². The van der Waals surface area contributed by atoms with Crippen LogP contribution in [0.25, 0.3) is 0 Å². The van der Waals surface area contributed by atoms with Crippen LogP contribution in [0, 0.1) is 5.92 Å². The first-order valence-corrected chi connectivity index (χ1v) is 7.01. The third kappa shape index (κ3) is 4.93. The van der Waals surface area contributed by atoms with Crippen molar-refractivity contribution >= 4 is 5.97 Å². The van der Waals surface area contributed by atoms with Gasteiger partial charge in [0.2, 0.25) is 0 Å². The van der Waals surface area contributed by atoms with Crippen LogP contribution in [0.5, 0.6) is 5.75 Å². The lowest BCUT2D eigenvalue weighted by Gasteiger charge is -2.13. The van der Waals surface area contributed by atoms with Gasteiger partial charge in [-0.2, -0.15) is 0 Å². The molecule has 3 nitrogen and oxygen atoms in total. The van der Waals surface area contributed by atoms with Gasteiger partial charge in [0.1, 0.15) is 11.3 Å². The van der Waals surface area contributed by atoms with Crippen molar-refractivity contribution in [1.82, 2.24) is 0 Å². The molecule has 0 aliphatic heterocycles. The molecule has 1 rings (SSSR count). The van der Waals surface area contributed by atoms with Gasteiger partial charge in [-0.05, 0) is 43.4 Å². The van der Waals surface area contributed by atoms with Crippen LogP contribution in [0.15, 0.2) is 18.2 Å². The normalized spacial score (nSPS) is 10.6. The van der Waals surface area contributed by atoms with E-state index in [0.717, 1.165) is 18.4 Å². The molecule has 0 aliphatic carbocycles. The molecule has 0 radical (unpaired) electrons. The molecule has 0 heterocycles. The van der Waals surface area contributed by atoms with E-state index in [0.29, 0.717) is 30.4 Å². The molecule has 3 heteroatoms. The quantitative estimate of drug-likeness (QED) is 0.702. The second-order valence-electron chi connectivity index (χ2n) is 4.94. The van der Waals surface area contributed by atoms with Gasteiger partial charge in [-0.3, -0.25) is 0 Å². The zero-order chi connectivity index (χ0) is 14.3. The molecule has 0 spiro atoms. The molecule has 0 aliphatic rings. The SMILES string of the molecule is CCOC(=O)c1ccc(CC)cc1OCCC(C)C. The zero-order valence-corrected chi connectivity index (χ0v) is 12.4. The van der Waals surface area contributed by atoms with Crippen LogP contribution in [-0.4, -0.2) is 19.2 Å². The van der Waals surface area contributed by atoms with Gasteiger partial charge in [-0.15, -0.1) is 0 Å². The summed E-state index contributed by atoms with van der Waals surface area (Å²) in [5, 5.41) is 0. The van der Waals surface area contributed by atoms with Gasteiger partial charge in [0.15, 0.2) is 0 Å². The topological polar surface area (TPSA) is 35.5 Å². The summed E-state index contributed by atoms with van der Waals surface area (Å²) >= 11 is 0.